The highest BCUT2D eigenvalue weighted by Gasteiger charge is 2.33. The molecule has 0 bridgehead atoms. The van der Waals surface area contributed by atoms with E-state index in [9.17, 15) is 19.7 Å². The Labute approximate surface area is 185 Å². The molecule has 1 fully saturated rings. The lowest BCUT2D eigenvalue weighted by Crippen LogP contribution is -2.47. The monoisotopic (exact) mass is 436 g/mol. The molecule has 32 heavy (non-hydrogen) atoms. The molecule has 2 aromatic carbocycles. The molecule has 9 heteroatoms. The number of likely N-dealkylation sites (N-methyl/N-ethyl adjacent to an activating group) is 1. The molecule has 0 spiro atoms. The van der Waals surface area contributed by atoms with Gasteiger partial charge in [0.25, 0.3) is 11.6 Å². The molecule has 2 amide bonds. The number of hydrogen-bond donors (Lipinski definition) is 1. The van der Waals surface area contributed by atoms with E-state index in [1.807, 2.05) is 24.3 Å². The molecule has 1 unspecified atom stereocenters. The lowest BCUT2D eigenvalue weighted by molar-refractivity contribution is -0.384. The minimum atomic E-state index is -1.13. The molecule has 9 nitrogen and oxygen atoms in total. The van der Waals surface area contributed by atoms with Gasteiger partial charge in [0.2, 0.25) is 6.17 Å². The average Bonchev–Trinajstić information content (AvgIpc) is 2.91. The van der Waals surface area contributed by atoms with Crippen LogP contribution in [0, 0.1) is 16.0 Å². The van der Waals surface area contributed by atoms with E-state index in [2.05, 4.69) is 5.32 Å². The van der Waals surface area contributed by atoms with Crippen molar-refractivity contribution >= 4 is 29.1 Å². The zero-order chi connectivity index (χ0) is 22.7. The smallest absolute Gasteiger partial charge is 0.410 e. The largest absolute Gasteiger partial charge is 0.414 e. The molecule has 4 rings (SSSR count). The van der Waals surface area contributed by atoms with Crippen LogP contribution < -0.4 is 15.0 Å². The lowest BCUT2D eigenvalue weighted by atomic mass is 9.83. The highest BCUT2D eigenvalue weighted by atomic mass is 16.6. The molecule has 1 atom stereocenters. The first-order chi connectivity index (χ1) is 15.4. The van der Waals surface area contributed by atoms with Crippen molar-refractivity contribution in [3.05, 3.63) is 64.2 Å². The normalized spacial score (nSPS) is 18.9. The summed E-state index contributed by atoms with van der Waals surface area (Å²) in [6, 6.07) is 12.8. The molecule has 1 aliphatic heterocycles. The molecular weight excluding hydrogens is 412 g/mol. The number of amides is 2. The summed E-state index contributed by atoms with van der Waals surface area (Å²) >= 11 is 0. The first-order valence-corrected chi connectivity index (χ1v) is 10.6. The maximum atomic E-state index is 13.1. The number of nitro benzene ring substituents is 1. The molecule has 1 N–H and O–H groups in total. The number of nitro groups is 1. The predicted molar refractivity (Wildman–Crippen MR) is 119 cm³/mol. The third-order valence-electron chi connectivity index (χ3n) is 5.88. The van der Waals surface area contributed by atoms with Gasteiger partial charge in [-0.3, -0.25) is 25.2 Å². The maximum absolute atomic E-state index is 13.1. The zero-order valence-electron chi connectivity index (χ0n) is 17.7. The van der Waals surface area contributed by atoms with Crippen molar-refractivity contribution in [3.63, 3.8) is 0 Å². The number of para-hydroxylation sites is 1. The summed E-state index contributed by atoms with van der Waals surface area (Å²) in [6.07, 6.45) is 3.40. The van der Waals surface area contributed by atoms with Gasteiger partial charge in [-0.15, -0.1) is 0 Å². The van der Waals surface area contributed by atoms with Crippen LogP contribution in [0.2, 0.25) is 0 Å². The van der Waals surface area contributed by atoms with Gasteiger partial charge < -0.3 is 9.64 Å². The number of anilines is 1. The number of nitrogens with zero attached hydrogens (tertiary/aromatic N) is 3. The van der Waals surface area contributed by atoms with Crippen molar-refractivity contribution in [3.8, 4) is 5.75 Å². The highest BCUT2D eigenvalue weighted by Crippen LogP contribution is 2.33. The second-order valence-electron chi connectivity index (χ2n) is 7.95. The van der Waals surface area contributed by atoms with Gasteiger partial charge in [-0.25, -0.2) is 4.79 Å². The molecule has 1 saturated carbocycles. The molecule has 0 saturated heterocycles. The first kappa shape index (κ1) is 21.5. The molecule has 2 aromatic rings. The molecule has 0 radical (unpaired) electrons. The Bertz CT molecular complexity index is 1060. The lowest BCUT2D eigenvalue weighted by Gasteiger charge is -2.24. The molecule has 1 heterocycles. The van der Waals surface area contributed by atoms with E-state index < -0.39 is 17.2 Å². The van der Waals surface area contributed by atoms with Crippen molar-refractivity contribution in [1.82, 2.24) is 5.32 Å². The van der Waals surface area contributed by atoms with Crippen molar-refractivity contribution < 1.29 is 19.2 Å². The summed E-state index contributed by atoms with van der Waals surface area (Å²) in [5, 5.41) is 13.3. The number of hydrogen-bond acceptors (Lipinski definition) is 6. The number of benzodiazepines with no additional fused rings is 1. The second kappa shape index (κ2) is 9.17. The summed E-state index contributed by atoms with van der Waals surface area (Å²) < 4.78 is 5.22. The molecule has 0 aromatic heterocycles. The maximum Gasteiger partial charge on any atom is 0.414 e. The Morgan fingerprint density at radius 2 is 1.81 bits per heavy atom. The third kappa shape index (κ3) is 4.46. The summed E-state index contributed by atoms with van der Waals surface area (Å²) in [7, 11) is 1.66. The number of carbonyl (C=O) groups is 2. The number of fused-ring (bicyclic) bond motifs is 1. The number of carbonyl (C=O) groups excluding carboxylic acids is 2. The minimum absolute atomic E-state index is 0.113. The summed E-state index contributed by atoms with van der Waals surface area (Å²) in [5.74, 6) is -0.0228. The van der Waals surface area contributed by atoms with Crippen LogP contribution in [0.1, 0.15) is 37.7 Å². The van der Waals surface area contributed by atoms with Crippen molar-refractivity contribution in [1.29, 1.82) is 0 Å². The summed E-state index contributed by atoms with van der Waals surface area (Å²) in [6.45, 7) is 0. The van der Waals surface area contributed by atoms with Gasteiger partial charge in [0.05, 0.1) is 16.3 Å². The van der Waals surface area contributed by atoms with E-state index in [1.165, 1.54) is 35.6 Å². The number of benzene rings is 2. The zero-order valence-corrected chi connectivity index (χ0v) is 17.7. The van der Waals surface area contributed by atoms with Gasteiger partial charge in [-0.1, -0.05) is 37.5 Å². The molecular formula is C23H24N4O5. The van der Waals surface area contributed by atoms with Crippen LogP contribution in [0.5, 0.6) is 5.75 Å². The summed E-state index contributed by atoms with van der Waals surface area (Å²) in [4.78, 5) is 42.1. The SMILES string of the molecule is CN1C(=O)C(NC(=O)Oc2ccc([N+](=O)[O-])cc2)N=C(C2CCCCC2)c2ccccc21. The standard InChI is InChI=1S/C23H24N4O5/c1-26-19-10-6-5-9-18(19)20(15-7-3-2-4-8-15)24-21(22(26)28)25-23(29)32-17-13-11-16(12-14-17)27(30)31/h5-6,9-15,21H,2-4,7-8H2,1H3,(H,25,29). The van der Waals surface area contributed by atoms with Gasteiger partial charge in [-0.2, -0.15) is 0 Å². The van der Waals surface area contributed by atoms with Gasteiger partial charge in [-0.05, 0) is 31.0 Å². The van der Waals surface area contributed by atoms with E-state index in [1.54, 1.807) is 7.05 Å². The van der Waals surface area contributed by atoms with E-state index in [4.69, 9.17) is 9.73 Å². The third-order valence-corrected chi connectivity index (χ3v) is 5.88. The van der Waals surface area contributed by atoms with E-state index in [-0.39, 0.29) is 23.3 Å². The van der Waals surface area contributed by atoms with Crippen molar-refractivity contribution in [2.24, 2.45) is 10.9 Å². The predicted octanol–water partition coefficient (Wildman–Crippen LogP) is 4.06. The van der Waals surface area contributed by atoms with Crippen LogP contribution >= 0.6 is 0 Å². The van der Waals surface area contributed by atoms with Crippen LogP contribution in [-0.2, 0) is 4.79 Å². The van der Waals surface area contributed by atoms with Crippen molar-refractivity contribution in [2.45, 2.75) is 38.3 Å². The Kier molecular flexibility index (Phi) is 6.16. The number of rotatable bonds is 4. The van der Waals surface area contributed by atoms with Crippen LogP contribution in [0.4, 0.5) is 16.2 Å². The van der Waals surface area contributed by atoms with Crippen LogP contribution in [-0.4, -0.2) is 35.8 Å². The quantitative estimate of drug-likeness (QED) is 0.573. The summed E-state index contributed by atoms with van der Waals surface area (Å²) in [5.41, 5.74) is 2.38. The van der Waals surface area contributed by atoms with Crippen LogP contribution in [0.25, 0.3) is 0 Å². The van der Waals surface area contributed by atoms with Crippen LogP contribution in [0.3, 0.4) is 0 Å². The number of aliphatic imine (C=N–C) groups is 1. The number of nitrogens with one attached hydrogen (secondary N) is 1. The van der Waals surface area contributed by atoms with E-state index >= 15 is 0 Å². The van der Waals surface area contributed by atoms with Crippen molar-refractivity contribution in [2.75, 3.05) is 11.9 Å². The van der Waals surface area contributed by atoms with Crippen LogP contribution in [0.15, 0.2) is 53.5 Å². The van der Waals surface area contributed by atoms with Gasteiger partial charge in [0.15, 0.2) is 0 Å². The van der Waals surface area contributed by atoms with E-state index in [0.717, 1.165) is 42.6 Å². The Hall–Kier alpha value is -3.75. The molecule has 166 valence electrons. The fraction of sp³-hybridized carbons (Fsp3) is 0.348. The average molecular weight is 436 g/mol. The fourth-order valence-electron chi connectivity index (χ4n) is 4.23. The van der Waals surface area contributed by atoms with Gasteiger partial charge in [0, 0.05) is 30.7 Å². The number of ether oxygens (including phenoxy) is 1. The molecule has 2 aliphatic rings. The second-order valence-corrected chi connectivity index (χ2v) is 7.95. The Morgan fingerprint density at radius 3 is 2.50 bits per heavy atom. The number of non-ortho nitro benzene ring substituents is 1. The Balaban J connectivity index is 1.58. The molecule has 1 aliphatic carbocycles. The highest BCUT2D eigenvalue weighted by molar-refractivity contribution is 6.13. The van der Waals surface area contributed by atoms with Gasteiger partial charge in [0.1, 0.15) is 5.75 Å². The minimum Gasteiger partial charge on any atom is -0.410 e. The Morgan fingerprint density at radius 1 is 1.12 bits per heavy atom. The topological polar surface area (TPSA) is 114 Å². The fourth-order valence-corrected chi connectivity index (χ4v) is 4.23. The first-order valence-electron chi connectivity index (χ1n) is 10.6. The van der Waals surface area contributed by atoms with Gasteiger partial charge >= 0.3 is 6.09 Å². The van der Waals surface area contributed by atoms with E-state index in [0.29, 0.717) is 0 Å².